The van der Waals surface area contributed by atoms with Gasteiger partial charge in [0.1, 0.15) is 0 Å². The highest BCUT2D eigenvalue weighted by atomic mass is 16.3. The molecule has 0 unspecified atom stereocenters. The second-order valence-electron chi connectivity index (χ2n) is 3.82. The topological polar surface area (TPSA) is 70.1 Å². The summed E-state index contributed by atoms with van der Waals surface area (Å²) in [4.78, 5) is 0. The molecule has 0 aliphatic heterocycles. The number of hydrogen-bond acceptors (Lipinski definition) is 2. The van der Waals surface area contributed by atoms with Gasteiger partial charge in [-0.15, -0.1) is 0 Å². The maximum absolute atomic E-state index is 9.60. The Balaban J connectivity index is 4.42. The first-order valence-electron chi connectivity index (χ1n) is 3.82. The molecule has 0 aromatic rings. The van der Waals surface area contributed by atoms with Gasteiger partial charge in [0, 0.05) is 5.41 Å². The van der Waals surface area contributed by atoms with Crippen molar-refractivity contribution in [2.75, 3.05) is 0 Å². The fourth-order valence-electron chi connectivity index (χ4n) is 0.993. The molecule has 0 aromatic carbocycles. The zero-order valence-electron chi connectivity index (χ0n) is 7.68. The molecular weight excluding hydrogens is 140 g/mol. The first-order chi connectivity index (χ1) is 4.80. The Morgan fingerprint density at radius 2 is 1.82 bits per heavy atom. The summed E-state index contributed by atoms with van der Waals surface area (Å²) in [5, 5.41) is 16.8. The van der Waals surface area contributed by atoms with Crippen LogP contribution in [-0.2, 0) is 0 Å². The van der Waals surface area contributed by atoms with E-state index in [1.165, 1.54) is 0 Å². The van der Waals surface area contributed by atoms with Gasteiger partial charge in [0.15, 0.2) is 0 Å². The van der Waals surface area contributed by atoms with E-state index in [-0.39, 0.29) is 11.8 Å². The molecular formula is C8H18N2O. The summed E-state index contributed by atoms with van der Waals surface area (Å²) < 4.78 is 0. The van der Waals surface area contributed by atoms with E-state index in [1.807, 2.05) is 13.8 Å². The lowest BCUT2D eigenvalue weighted by Gasteiger charge is -2.31. The lowest BCUT2D eigenvalue weighted by Crippen LogP contribution is -2.43. The van der Waals surface area contributed by atoms with Crippen molar-refractivity contribution < 1.29 is 5.11 Å². The second kappa shape index (κ2) is 3.22. The third kappa shape index (κ3) is 2.19. The second-order valence-corrected chi connectivity index (χ2v) is 3.82. The van der Waals surface area contributed by atoms with Crippen LogP contribution in [0.15, 0.2) is 0 Å². The molecule has 0 heterocycles. The fourth-order valence-corrected chi connectivity index (χ4v) is 0.993. The van der Waals surface area contributed by atoms with Gasteiger partial charge >= 0.3 is 0 Å². The molecule has 0 radical (unpaired) electrons. The Morgan fingerprint density at radius 1 is 1.45 bits per heavy atom. The summed E-state index contributed by atoms with van der Waals surface area (Å²) in [5.41, 5.74) is 4.73. The Morgan fingerprint density at radius 3 is 1.91 bits per heavy atom. The number of amidine groups is 1. The first-order valence-corrected chi connectivity index (χ1v) is 3.82. The van der Waals surface area contributed by atoms with Crippen molar-refractivity contribution in [3.05, 3.63) is 0 Å². The molecule has 3 nitrogen and oxygen atoms in total. The molecule has 66 valence electrons. The molecule has 0 saturated carbocycles. The van der Waals surface area contributed by atoms with Crippen LogP contribution in [0, 0.1) is 16.7 Å². The van der Waals surface area contributed by atoms with Gasteiger partial charge in [0.05, 0.1) is 11.9 Å². The van der Waals surface area contributed by atoms with E-state index < -0.39 is 11.5 Å². The van der Waals surface area contributed by atoms with Gasteiger partial charge in [-0.3, -0.25) is 5.41 Å². The molecule has 0 aromatic heterocycles. The summed E-state index contributed by atoms with van der Waals surface area (Å²) in [5.74, 6) is 0.174. The van der Waals surface area contributed by atoms with Crippen LogP contribution >= 0.6 is 0 Å². The van der Waals surface area contributed by atoms with Gasteiger partial charge in [-0.1, -0.05) is 27.7 Å². The number of rotatable bonds is 3. The fraction of sp³-hybridized carbons (Fsp3) is 0.875. The maximum atomic E-state index is 9.60. The van der Waals surface area contributed by atoms with Gasteiger partial charge in [-0.05, 0) is 5.92 Å². The minimum absolute atomic E-state index is 0.0405. The normalized spacial score (nSPS) is 15.1. The Kier molecular flexibility index (Phi) is 3.05. The number of nitrogens with two attached hydrogens (primary N) is 1. The van der Waals surface area contributed by atoms with Crippen LogP contribution in [0.1, 0.15) is 27.7 Å². The number of hydrogen-bond donors (Lipinski definition) is 3. The molecule has 4 N–H and O–H groups in total. The molecule has 11 heavy (non-hydrogen) atoms. The van der Waals surface area contributed by atoms with Crippen LogP contribution in [-0.4, -0.2) is 17.0 Å². The van der Waals surface area contributed by atoms with E-state index in [4.69, 9.17) is 11.1 Å². The maximum Gasteiger partial charge on any atom is 0.0989 e. The monoisotopic (exact) mass is 158 g/mol. The van der Waals surface area contributed by atoms with Gasteiger partial charge in [-0.2, -0.15) is 0 Å². The SMILES string of the molecule is CC(C)[C@@H](O)C(C)(C)C(=N)N. The summed E-state index contributed by atoms with van der Waals surface area (Å²) in [7, 11) is 0. The lowest BCUT2D eigenvalue weighted by molar-refractivity contribution is 0.0506. The lowest BCUT2D eigenvalue weighted by atomic mass is 9.80. The van der Waals surface area contributed by atoms with Crippen molar-refractivity contribution in [1.82, 2.24) is 0 Å². The molecule has 1 atom stereocenters. The van der Waals surface area contributed by atoms with Crippen molar-refractivity contribution in [1.29, 1.82) is 5.41 Å². The Bertz CT molecular complexity index is 152. The third-order valence-corrected chi connectivity index (χ3v) is 2.07. The standard InChI is InChI=1S/C8H18N2O/c1-5(2)6(11)8(3,4)7(9)10/h5-6,11H,1-4H3,(H3,9,10)/t6-/m1/s1. The minimum atomic E-state index is -0.603. The largest absolute Gasteiger partial charge is 0.392 e. The van der Waals surface area contributed by atoms with E-state index >= 15 is 0 Å². The third-order valence-electron chi connectivity index (χ3n) is 2.07. The molecule has 0 rings (SSSR count). The molecule has 0 bridgehead atoms. The molecule has 0 spiro atoms. The van der Waals surface area contributed by atoms with Crippen LogP contribution in [0.2, 0.25) is 0 Å². The number of aliphatic hydroxyl groups excluding tert-OH is 1. The molecule has 3 heteroatoms. The quantitative estimate of drug-likeness (QED) is 0.423. The molecule has 0 aliphatic carbocycles. The van der Waals surface area contributed by atoms with Crippen molar-refractivity contribution in [3.63, 3.8) is 0 Å². The van der Waals surface area contributed by atoms with Crippen LogP contribution in [0.25, 0.3) is 0 Å². The number of aliphatic hydroxyl groups is 1. The van der Waals surface area contributed by atoms with Gasteiger partial charge < -0.3 is 10.8 Å². The van der Waals surface area contributed by atoms with Gasteiger partial charge in [0.25, 0.3) is 0 Å². The first kappa shape index (κ1) is 10.4. The molecule has 0 saturated heterocycles. The van der Waals surface area contributed by atoms with Crippen LogP contribution in [0.3, 0.4) is 0 Å². The van der Waals surface area contributed by atoms with E-state index in [0.29, 0.717) is 0 Å². The van der Waals surface area contributed by atoms with E-state index in [1.54, 1.807) is 13.8 Å². The highest BCUT2D eigenvalue weighted by Crippen LogP contribution is 2.25. The van der Waals surface area contributed by atoms with Crippen LogP contribution < -0.4 is 5.73 Å². The van der Waals surface area contributed by atoms with Crippen LogP contribution in [0.4, 0.5) is 0 Å². The summed E-state index contributed by atoms with van der Waals surface area (Å²) >= 11 is 0. The predicted molar refractivity (Wildman–Crippen MR) is 46.5 cm³/mol. The van der Waals surface area contributed by atoms with E-state index in [0.717, 1.165) is 0 Å². The van der Waals surface area contributed by atoms with E-state index in [9.17, 15) is 5.11 Å². The van der Waals surface area contributed by atoms with Crippen molar-refractivity contribution in [3.8, 4) is 0 Å². The highest BCUT2D eigenvalue weighted by Gasteiger charge is 2.32. The van der Waals surface area contributed by atoms with Crippen molar-refractivity contribution in [2.24, 2.45) is 17.1 Å². The smallest absolute Gasteiger partial charge is 0.0989 e. The average Bonchev–Trinajstić information content (AvgIpc) is 1.85. The Hall–Kier alpha value is -0.570. The molecule has 0 amide bonds. The predicted octanol–water partition coefficient (Wildman–Crippen LogP) is 0.965. The zero-order chi connectivity index (χ0) is 9.23. The highest BCUT2D eigenvalue weighted by molar-refractivity contribution is 5.83. The zero-order valence-corrected chi connectivity index (χ0v) is 7.68. The van der Waals surface area contributed by atoms with Gasteiger partial charge in [-0.25, -0.2) is 0 Å². The van der Waals surface area contributed by atoms with Crippen molar-refractivity contribution in [2.45, 2.75) is 33.8 Å². The summed E-state index contributed by atoms with van der Waals surface area (Å²) in [6.07, 6.45) is -0.542. The summed E-state index contributed by atoms with van der Waals surface area (Å²) in [6.45, 7) is 7.38. The van der Waals surface area contributed by atoms with Crippen LogP contribution in [0.5, 0.6) is 0 Å². The van der Waals surface area contributed by atoms with E-state index in [2.05, 4.69) is 0 Å². The summed E-state index contributed by atoms with van der Waals surface area (Å²) in [6, 6.07) is 0. The molecule has 0 aliphatic rings. The number of nitrogens with one attached hydrogen (secondary N) is 1. The molecule has 0 fully saturated rings. The minimum Gasteiger partial charge on any atom is -0.392 e. The Labute approximate surface area is 68.1 Å². The van der Waals surface area contributed by atoms with Gasteiger partial charge in [0.2, 0.25) is 0 Å². The average molecular weight is 158 g/mol. The van der Waals surface area contributed by atoms with Crippen molar-refractivity contribution >= 4 is 5.84 Å².